The molecule has 0 saturated heterocycles. The van der Waals surface area contributed by atoms with Crippen LogP contribution in [-0.2, 0) is 4.74 Å². The Labute approximate surface area is 140 Å². The van der Waals surface area contributed by atoms with Crippen molar-refractivity contribution >= 4 is 6.09 Å². The molecule has 0 radical (unpaired) electrons. The summed E-state index contributed by atoms with van der Waals surface area (Å²) in [5.41, 5.74) is -0.313. The highest BCUT2D eigenvalue weighted by Gasteiger charge is 2.42. The molecule has 2 fully saturated rings. The van der Waals surface area contributed by atoms with Crippen molar-refractivity contribution < 1.29 is 14.6 Å². The summed E-state index contributed by atoms with van der Waals surface area (Å²) in [4.78, 5) is 14.6. The van der Waals surface area contributed by atoms with Crippen LogP contribution < -0.4 is 5.32 Å². The molecule has 0 aromatic heterocycles. The molecule has 2 aliphatic rings. The van der Waals surface area contributed by atoms with Gasteiger partial charge in [-0.15, -0.1) is 0 Å². The van der Waals surface area contributed by atoms with Crippen molar-refractivity contribution in [2.24, 2.45) is 0 Å². The van der Waals surface area contributed by atoms with Gasteiger partial charge in [0.1, 0.15) is 5.60 Å². The Morgan fingerprint density at radius 2 is 1.87 bits per heavy atom. The van der Waals surface area contributed by atoms with E-state index < -0.39 is 5.60 Å². The second kappa shape index (κ2) is 6.98. The summed E-state index contributed by atoms with van der Waals surface area (Å²) in [5, 5.41) is 13.2. The average Bonchev–Trinajstić information content (AvgIpc) is 2.86. The van der Waals surface area contributed by atoms with Crippen molar-refractivity contribution in [3.8, 4) is 0 Å². The van der Waals surface area contributed by atoms with Crippen molar-refractivity contribution in [3.63, 3.8) is 0 Å². The van der Waals surface area contributed by atoms with Crippen LogP contribution >= 0.6 is 0 Å². The second-order valence-electron chi connectivity index (χ2n) is 8.60. The molecule has 2 saturated carbocycles. The fourth-order valence-electron chi connectivity index (χ4n) is 4.07. The van der Waals surface area contributed by atoms with E-state index in [0.29, 0.717) is 6.42 Å². The van der Waals surface area contributed by atoms with Crippen molar-refractivity contribution in [1.29, 1.82) is 0 Å². The van der Waals surface area contributed by atoms with Gasteiger partial charge in [0.15, 0.2) is 0 Å². The molecular weight excluding hydrogens is 292 g/mol. The average molecular weight is 326 g/mol. The van der Waals surface area contributed by atoms with Gasteiger partial charge >= 0.3 is 6.09 Å². The zero-order valence-corrected chi connectivity index (χ0v) is 15.4. The van der Waals surface area contributed by atoms with Gasteiger partial charge in [-0.2, -0.15) is 0 Å². The highest BCUT2D eigenvalue weighted by molar-refractivity contribution is 5.68. The van der Waals surface area contributed by atoms with Crippen LogP contribution in [0.25, 0.3) is 0 Å². The quantitative estimate of drug-likeness (QED) is 0.837. The van der Waals surface area contributed by atoms with Gasteiger partial charge in [-0.05, 0) is 66.8 Å². The molecule has 0 aromatic carbocycles. The molecule has 0 heterocycles. The highest BCUT2D eigenvalue weighted by atomic mass is 16.6. The Kier molecular flexibility index (Phi) is 5.62. The number of ether oxygens (including phenoxy) is 1. The van der Waals surface area contributed by atoms with E-state index in [1.54, 1.807) is 0 Å². The van der Waals surface area contributed by atoms with E-state index in [1.165, 1.54) is 25.7 Å². The minimum atomic E-state index is -0.489. The van der Waals surface area contributed by atoms with Gasteiger partial charge in [0, 0.05) is 17.6 Å². The predicted molar refractivity (Wildman–Crippen MR) is 91.4 cm³/mol. The number of hydrogen-bond acceptors (Lipinski definition) is 4. The summed E-state index contributed by atoms with van der Waals surface area (Å²) < 4.78 is 5.41. The maximum Gasteiger partial charge on any atom is 0.407 e. The third-order valence-corrected chi connectivity index (χ3v) is 5.52. The Hall–Kier alpha value is -0.810. The molecule has 0 spiro atoms. The third kappa shape index (κ3) is 4.83. The summed E-state index contributed by atoms with van der Waals surface area (Å²) in [7, 11) is 2.15. The Balaban J connectivity index is 2.05. The first-order valence-electron chi connectivity index (χ1n) is 9.01. The lowest BCUT2D eigenvalue weighted by Gasteiger charge is -2.47. The number of nitrogens with zero attached hydrogens (tertiary/aromatic N) is 1. The van der Waals surface area contributed by atoms with Gasteiger partial charge in [0.2, 0.25) is 0 Å². The van der Waals surface area contributed by atoms with Gasteiger partial charge in [-0.3, -0.25) is 4.90 Å². The van der Waals surface area contributed by atoms with Crippen LogP contribution in [0.5, 0.6) is 0 Å². The van der Waals surface area contributed by atoms with Gasteiger partial charge in [-0.1, -0.05) is 12.8 Å². The van der Waals surface area contributed by atoms with Crippen LogP contribution in [0.3, 0.4) is 0 Å². The van der Waals surface area contributed by atoms with E-state index in [0.717, 1.165) is 12.8 Å². The number of nitrogens with one attached hydrogen (secondary N) is 1. The van der Waals surface area contributed by atoms with Gasteiger partial charge in [-0.25, -0.2) is 4.79 Å². The van der Waals surface area contributed by atoms with Crippen LogP contribution in [0, 0.1) is 0 Å². The molecule has 0 aromatic rings. The van der Waals surface area contributed by atoms with E-state index >= 15 is 0 Å². The molecule has 1 amide bonds. The topological polar surface area (TPSA) is 61.8 Å². The molecule has 2 N–H and O–H groups in total. The van der Waals surface area contributed by atoms with Crippen molar-refractivity contribution in [1.82, 2.24) is 10.2 Å². The molecule has 5 heteroatoms. The summed E-state index contributed by atoms with van der Waals surface area (Å²) >= 11 is 0. The first-order chi connectivity index (χ1) is 10.6. The van der Waals surface area contributed by atoms with Gasteiger partial charge in [0.05, 0.1) is 6.10 Å². The van der Waals surface area contributed by atoms with E-state index in [4.69, 9.17) is 4.74 Å². The van der Waals surface area contributed by atoms with Gasteiger partial charge < -0.3 is 15.2 Å². The summed E-state index contributed by atoms with van der Waals surface area (Å²) in [6.45, 7) is 7.94. The summed E-state index contributed by atoms with van der Waals surface area (Å²) in [6, 6.07) is 0.199. The zero-order chi connectivity index (χ0) is 17.3. The number of aliphatic hydroxyl groups excluding tert-OH is 1. The van der Waals surface area contributed by atoms with Crippen LogP contribution in [-0.4, -0.2) is 52.5 Å². The number of likely N-dealkylation sites (N-methyl/N-ethyl adjacent to an activating group) is 1. The molecule has 2 rings (SSSR count). The Morgan fingerprint density at radius 1 is 1.26 bits per heavy atom. The lowest BCUT2D eigenvalue weighted by molar-refractivity contribution is -0.00209. The third-order valence-electron chi connectivity index (χ3n) is 5.52. The molecule has 3 atom stereocenters. The molecule has 0 bridgehead atoms. The lowest BCUT2D eigenvalue weighted by Crippen LogP contribution is -2.60. The van der Waals surface area contributed by atoms with E-state index in [9.17, 15) is 9.90 Å². The zero-order valence-electron chi connectivity index (χ0n) is 15.4. The fraction of sp³-hybridized carbons (Fsp3) is 0.944. The predicted octanol–water partition coefficient (Wildman–Crippen LogP) is 3.06. The van der Waals surface area contributed by atoms with Gasteiger partial charge in [0.25, 0.3) is 0 Å². The molecule has 5 nitrogen and oxygen atoms in total. The second-order valence-corrected chi connectivity index (χ2v) is 8.60. The lowest BCUT2D eigenvalue weighted by atomic mass is 9.84. The molecule has 134 valence electrons. The highest BCUT2D eigenvalue weighted by Crippen LogP contribution is 2.38. The Bertz CT molecular complexity index is 413. The Morgan fingerprint density at radius 3 is 2.43 bits per heavy atom. The van der Waals surface area contributed by atoms with E-state index in [1.807, 2.05) is 20.8 Å². The SMILES string of the molecule is CN(C1CC(O)CCC1NC(=O)OC(C)(C)C)C1(C)CCCC1. The number of amides is 1. The molecule has 3 unspecified atom stereocenters. The normalized spacial score (nSPS) is 31.2. The first-order valence-corrected chi connectivity index (χ1v) is 9.01. The van der Waals surface area contributed by atoms with Crippen molar-refractivity contribution in [2.45, 2.75) is 102 Å². The summed E-state index contributed by atoms with van der Waals surface area (Å²) in [5.74, 6) is 0. The summed E-state index contributed by atoms with van der Waals surface area (Å²) in [6.07, 6.45) is 6.53. The molecular formula is C18H34N2O3. The van der Waals surface area contributed by atoms with Crippen LogP contribution in [0.1, 0.15) is 72.6 Å². The number of carbonyl (C=O) groups excluding carboxylic acids is 1. The maximum absolute atomic E-state index is 12.2. The molecule has 2 aliphatic carbocycles. The van der Waals surface area contributed by atoms with Crippen LogP contribution in [0.4, 0.5) is 4.79 Å². The largest absolute Gasteiger partial charge is 0.444 e. The van der Waals surface area contributed by atoms with Crippen LogP contribution in [0.2, 0.25) is 0 Å². The molecule has 23 heavy (non-hydrogen) atoms. The minimum absolute atomic E-state index is 0.0377. The first kappa shape index (κ1) is 18.5. The molecule has 0 aliphatic heterocycles. The number of alkyl carbamates (subject to hydrolysis) is 1. The number of rotatable bonds is 3. The number of aliphatic hydroxyl groups is 1. The standard InChI is InChI=1S/C18H34N2O3/c1-17(2,3)23-16(22)19-14-9-8-13(21)12-15(14)20(5)18(4)10-6-7-11-18/h13-15,21H,6-12H2,1-5H3,(H,19,22). The van der Waals surface area contributed by atoms with Crippen molar-refractivity contribution in [2.75, 3.05) is 7.05 Å². The van der Waals surface area contributed by atoms with E-state index in [-0.39, 0.29) is 29.8 Å². The van der Waals surface area contributed by atoms with Crippen LogP contribution in [0.15, 0.2) is 0 Å². The fourth-order valence-corrected chi connectivity index (χ4v) is 4.07. The van der Waals surface area contributed by atoms with Crippen molar-refractivity contribution in [3.05, 3.63) is 0 Å². The minimum Gasteiger partial charge on any atom is -0.444 e. The maximum atomic E-state index is 12.2. The number of carbonyl (C=O) groups is 1. The number of hydrogen-bond donors (Lipinski definition) is 2. The smallest absolute Gasteiger partial charge is 0.407 e. The van der Waals surface area contributed by atoms with E-state index in [2.05, 4.69) is 24.2 Å². The monoisotopic (exact) mass is 326 g/mol.